The maximum atomic E-state index is 12.3. The number of halogens is 1. The van der Waals surface area contributed by atoms with Crippen LogP contribution in [-0.2, 0) is 0 Å². The predicted molar refractivity (Wildman–Crippen MR) is 89.6 cm³/mol. The smallest absolute Gasteiger partial charge is 0.274 e. The Balaban J connectivity index is 2.09. The molecule has 0 aliphatic heterocycles. The monoisotopic (exact) mass is 318 g/mol. The molecule has 0 aliphatic rings. The lowest BCUT2D eigenvalue weighted by molar-refractivity contribution is 0.102. The van der Waals surface area contributed by atoms with E-state index in [9.17, 15) is 4.79 Å². The Labute approximate surface area is 135 Å². The first-order valence-corrected chi connectivity index (χ1v) is 7.62. The Hall–Kier alpha value is -2.14. The van der Waals surface area contributed by atoms with Crippen LogP contribution >= 0.6 is 11.6 Å². The molecule has 0 radical (unpaired) electrons. The molecule has 2 rings (SSSR count). The highest BCUT2D eigenvalue weighted by Gasteiger charge is 2.11. The minimum atomic E-state index is -0.286. The molecule has 6 heteroatoms. The number of hydrogen-bond donors (Lipinski definition) is 2. The van der Waals surface area contributed by atoms with Crippen LogP contribution in [0.25, 0.3) is 0 Å². The van der Waals surface area contributed by atoms with E-state index in [1.807, 2.05) is 6.92 Å². The van der Waals surface area contributed by atoms with Crippen molar-refractivity contribution in [3.05, 3.63) is 46.9 Å². The summed E-state index contributed by atoms with van der Waals surface area (Å²) >= 11 is 6.05. The average molecular weight is 319 g/mol. The van der Waals surface area contributed by atoms with E-state index in [0.29, 0.717) is 22.2 Å². The van der Waals surface area contributed by atoms with Crippen LogP contribution < -0.4 is 10.6 Å². The second-order valence-corrected chi connectivity index (χ2v) is 5.34. The van der Waals surface area contributed by atoms with Gasteiger partial charge < -0.3 is 10.6 Å². The molecule has 116 valence electrons. The van der Waals surface area contributed by atoms with Crippen molar-refractivity contribution in [3.8, 4) is 0 Å². The van der Waals surface area contributed by atoms with Crippen LogP contribution in [0.15, 0.2) is 30.6 Å². The van der Waals surface area contributed by atoms with Crippen LogP contribution in [0.1, 0.15) is 35.8 Å². The van der Waals surface area contributed by atoms with E-state index >= 15 is 0 Å². The normalized spacial score (nSPS) is 10.3. The summed E-state index contributed by atoms with van der Waals surface area (Å²) in [7, 11) is 0. The summed E-state index contributed by atoms with van der Waals surface area (Å²) in [4.78, 5) is 20.4. The van der Waals surface area contributed by atoms with E-state index in [1.54, 1.807) is 24.3 Å². The molecule has 1 amide bonds. The third kappa shape index (κ3) is 4.18. The quantitative estimate of drug-likeness (QED) is 0.793. The molecule has 1 aromatic heterocycles. The first-order chi connectivity index (χ1) is 10.6. The van der Waals surface area contributed by atoms with Gasteiger partial charge in [0.05, 0.1) is 0 Å². The van der Waals surface area contributed by atoms with E-state index in [2.05, 4.69) is 27.5 Å². The molecule has 1 aromatic carbocycles. The Kier molecular flexibility index (Phi) is 5.72. The van der Waals surface area contributed by atoms with Gasteiger partial charge in [-0.2, -0.15) is 0 Å². The van der Waals surface area contributed by atoms with Gasteiger partial charge in [-0.25, -0.2) is 9.97 Å². The van der Waals surface area contributed by atoms with Crippen molar-refractivity contribution < 1.29 is 4.79 Å². The van der Waals surface area contributed by atoms with E-state index in [0.717, 1.165) is 24.9 Å². The minimum Gasteiger partial charge on any atom is -0.370 e. The Bertz CT molecular complexity index is 660. The second-order valence-electron chi connectivity index (χ2n) is 4.94. The molecule has 0 aliphatic carbocycles. The number of aromatic nitrogens is 2. The number of amides is 1. The number of rotatable bonds is 6. The molecule has 0 saturated carbocycles. The van der Waals surface area contributed by atoms with Crippen molar-refractivity contribution in [2.45, 2.75) is 26.7 Å². The first kappa shape index (κ1) is 16.2. The standard InChI is InChI=1S/C16H19ClN4O/c1-3-4-8-18-15-9-14(19-10-20-15)16(22)21-13-7-5-6-12(17)11(13)2/h5-7,9-10H,3-4,8H2,1-2H3,(H,21,22)(H,18,19,20). The highest BCUT2D eigenvalue weighted by atomic mass is 35.5. The van der Waals surface area contributed by atoms with E-state index < -0.39 is 0 Å². The van der Waals surface area contributed by atoms with Crippen LogP contribution in [0.4, 0.5) is 11.5 Å². The van der Waals surface area contributed by atoms with Crippen molar-refractivity contribution >= 4 is 29.0 Å². The number of carbonyl (C=O) groups is 1. The summed E-state index contributed by atoms with van der Waals surface area (Å²) in [6, 6.07) is 7.03. The zero-order valence-corrected chi connectivity index (χ0v) is 13.4. The zero-order chi connectivity index (χ0) is 15.9. The van der Waals surface area contributed by atoms with Crippen LogP contribution in [0.5, 0.6) is 0 Å². The fraction of sp³-hybridized carbons (Fsp3) is 0.312. The maximum Gasteiger partial charge on any atom is 0.274 e. The van der Waals surface area contributed by atoms with Gasteiger partial charge in [0.2, 0.25) is 0 Å². The topological polar surface area (TPSA) is 66.9 Å². The molecule has 2 N–H and O–H groups in total. The van der Waals surface area contributed by atoms with Crippen molar-refractivity contribution in [2.75, 3.05) is 17.2 Å². The van der Waals surface area contributed by atoms with E-state index in [-0.39, 0.29) is 5.91 Å². The summed E-state index contributed by atoms with van der Waals surface area (Å²) in [5.74, 6) is 0.364. The largest absolute Gasteiger partial charge is 0.370 e. The Morgan fingerprint density at radius 3 is 2.91 bits per heavy atom. The summed E-state index contributed by atoms with van der Waals surface area (Å²) in [5, 5.41) is 6.61. The van der Waals surface area contributed by atoms with Crippen LogP contribution in [0.2, 0.25) is 5.02 Å². The minimum absolute atomic E-state index is 0.286. The van der Waals surface area contributed by atoms with Crippen molar-refractivity contribution in [1.29, 1.82) is 0 Å². The molecule has 0 saturated heterocycles. The highest BCUT2D eigenvalue weighted by Crippen LogP contribution is 2.23. The molecule has 0 fully saturated rings. The van der Waals surface area contributed by atoms with Gasteiger partial charge in [0, 0.05) is 23.3 Å². The maximum absolute atomic E-state index is 12.3. The summed E-state index contributed by atoms with van der Waals surface area (Å²) < 4.78 is 0. The molecular weight excluding hydrogens is 300 g/mol. The van der Waals surface area contributed by atoms with Gasteiger partial charge in [0.25, 0.3) is 5.91 Å². The first-order valence-electron chi connectivity index (χ1n) is 7.24. The number of benzene rings is 1. The van der Waals surface area contributed by atoms with Gasteiger partial charge in [-0.15, -0.1) is 0 Å². The molecule has 0 bridgehead atoms. The van der Waals surface area contributed by atoms with Crippen LogP contribution in [0, 0.1) is 6.92 Å². The molecular formula is C16H19ClN4O. The second kappa shape index (κ2) is 7.75. The summed E-state index contributed by atoms with van der Waals surface area (Å²) in [5.41, 5.74) is 1.82. The molecule has 1 heterocycles. The lowest BCUT2D eigenvalue weighted by Gasteiger charge is -2.10. The highest BCUT2D eigenvalue weighted by molar-refractivity contribution is 6.31. The number of hydrogen-bond acceptors (Lipinski definition) is 4. The number of nitrogens with zero attached hydrogens (tertiary/aromatic N) is 2. The SMILES string of the molecule is CCCCNc1cc(C(=O)Nc2cccc(Cl)c2C)ncn1. The molecule has 5 nitrogen and oxygen atoms in total. The van der Waals surface area contributed by atoms with Crippen LogP contribution in [-0.4, -0.2) is 22.4 Å². The Morgan fingerprint density at radius 1 is 1.32 bits per heavy atom. The number of carbonyl (C=O) groups excluding carboxylic acids is 1. The van der Waals surface area contributed by atoms with Gasteiger partial charge in [0.15, 0.2) is 0 Å². The molecule has 0 spiro atoms. The number of unbranched alkanes of at least 4 members (excludes halogenated alkanes) is 1. The third-order valence-corrected chi connectivity index (χ3v) is 3.66. The summed E-state index contributed by atoms with van der Waals surface area (Å²) in [6.07, 6.45) is 3.53. The van der Waals surface area contributed by atoms with Gasteiger partial charge >= 0.3 is 0 Å². The predicted octanol–water partition coefficient (Wildman–Crippen LogP) is 3.90. The lowest BCUT2D eigenvalue weighted by Crippen LogP contribution is -2.15. The van der Waals surface area contributed by atoms with Crippen LogP contribution in [0.3, 0.4) is 0 Å². The van der Waals surface area contributed by atoms with Crippen molar-refractivity contribution in [2.24, 2.45) is 0 Å². The van der Waals surface area contributed by atoms with Gasteiger partial charge in [0.1, 0.15) is 17.8 Å². The molecule has 0 unspecified atom stereocenters. The fourth-order valence-electron chi connectivity index (χ4n) is 1.90. The third-order valence-electron chi connectivity index (χ3n) is 3.25. The lowest BCUT2D eigenvalue weighted by atomic mass is 10.2. The molecule has 22 heavy (non-hydrogen) atoms. The summed E-state index contributed by atoms with van der Waals surface area (Å²) in [6.45, 7) is 4.80. The van der Waals surface area contributed by atoms with Gasteiger partial charge in [-0.05, 0) is 31.0 Å². The van der Waals surface area contributed by atoms with E-state index in [1.165, 1.54) is 6.33 Å². The van der Waals surface area contributed by atoms with Crippen molar-refractivity contribution in [3.63, 3.8) is 0 Å². The fourth-order valence-corrected chi connectivity index (χ4v) is 2.08. The number of nitrogens with one attached hydrogen (secondary N) is 2. The molecule has 2 aromatic rings. The average Bonchev–Trinajstić information content (AvgIpc) is 2.52. The van der Waals surface area contributed by atoms with E-state index in [4.69, 9.17) is 11.6 Å². The Morgan fingerprint density at radius 2 is 2.14 bits per heavy atom. The molecule has 0 atom stereocenters. The zero-order valence-electron chi connectivity index (χ0n) is 12.7. The van der Waals surface area contributed by atoms with Gasteiger partial charge in [-0.3, -0.25) is 4.79 Å². The van der Waals surface area contributed by atoms with Gasteiger partial charge in [-0.1, -0.05) is 31.0 Å². The van der Waals surface area contributed by atoms with Crippen molar-refractivity contribution in [1.82, 2.24) is 9.97 Å². The number of anilines is 2.